The molecule has 1 aromatic carbocycles. The highest BCUT2D eigenvalue weighted by Gasteiger charge is 2.14. The van der Waals surface area contributed by atoms with Gasteiger partial charge in [-0.05, 0) is 33.0 Å². The largest absolute Gasteiger partial charge is 0.397 e. The van der Waals surface area contributed by atoms with Crippen LogP contribution in [0.15, 0.2) is 24.3 Å². The number of benzene rings is 1. The van der Waals surface area contributed by atoms with Crippen molar-refractivity contribution in [2.24, 2.45) is 0 Å². The lowest BCUT2D eigenvalue weighted by molar-refractivity contribution is -0.132. The number of nitrogens with two attached hydrogens (primary N) is 1. The summed E-state index contributed by atoms with van der Waals surface area (Å²) in [6, 6.07) is 7.08. The van der Waals surface area contributed by atoms with E-state index in [2.05, 4.69) is 5.32 Å². The summed E-state index contributed by atoms with van der Waals surface area (Å²) in [6.45, 7) is 5.59. The van der Waals surface area contributed by atoms with Crippen LogP contribution in [-0.4, -0.2) is 54.8 Å². The van der Waals surface area contributed by atoms with Crippen molar-refractivity contribution in [3.63, 3.8) is 0 Å². The molecular formula is C15H24N4O2. The normalized spacial score (nSPS) is 10.5. The van der Waals surface area contributed by atoms with Gasteiger partial charge in [-0.1, -0.05) is 12.1 Å². The van der Waals surface area contributed by atoms with E-state index in [1.807, 2.05) is 13.8 Å². The molecule has 6 heteroatoms. The van der Waals surface area contributed by atoms with Crippen molar-refractivity contribution in [2.75, 3.05) is 44.3 Å². The number of nitrogens with one attached hydrogen (secondary N) is 1. The van der Waals surface area contributed by atoms with Crippen LogP contribution in [0.1, 0.15) is 13.8 Å². The number of likely N-dealkylation sites (N-methyl/N-ethyl adjacent to an activating group) is 2. The van der Waals surface area contributed by atoms with Crippen molar-refractivity contribution in [3.05, 3.63) is 24.3 Å². The van der Waals surface area contributed by atoms with Crippen molar-refractivity contribution in [1.82, 2.24) is 9.80 Å². The molecule has 1 rings (SSSR count). The van der Waals surface area contributed by atoms with Crippen LogP contribution in [0.5, 0.6) is 0 Å². The Balaban J connectivity index is 2.47. The summed E-state index contributed by atoms with van der Waals surface area (Å²) in [5.74, 6) is -0.169. The van der Waals surface area contributed by atoms with Gasteiger partial charge in [0.2, 0.25) is 11.8 Å². The summed E-state index contributed by atoms with van der Waals surface area (Å²) in [5.41, 5.74) is 6.88. The third-order valence-electron chi connectivity index (χ3n) is 3.17. The SMILES string of the molecule is CCN(CC)C(=O)CN(C)CC(=O)Nc1ccccc1N. The fraction of sp³-hybridized carbons (Fsp3) is 0.467. The number of hydrogen-bond donors (Lipinski definition) is 2. The zero-order valence-corrected chi connectivity index (χ0v) is 12.9. The number of amides is 2. The number of carbonyl (C=O) groups is 2. The quantitative estimate of drug-likeness (QED) is 0.735. The molecule has 2 amide bonds. The Morgan fingerprint density at radius 1 is 1.14 bits per heavy atom. The molecule has 0 saturated carbocycles. The second-order valence-corrected chi connectivity index (χ2v) is 4.87. The maximum atomic E-state index is 11.9. The molecule has 6 nitrogen and oxygen atoms in total. The third kappa shape index (κ3) is 5.43. The standard InChI is InChI=1S/C15H24N4O2/c1-4-19(5-2)15(21)11-18(3)10-14(20)17-13-9-7-6-8-12(13)16/h6-9H,4-5,10-11,16H2,1-3H3,(H,17,20). The Kier molecular flexibility index (Phi) is 6.68. The molecule has 0 aliphatic carbocycles. The fourth-order valence-electron chi connectivity index (χ4n) is 2.01. The molecule has 0 saturated heterocycles. The van der Waals surface area contributed by atoms with Gasteiger partial charge in [0.1, 0.15) is 0 Å². The molecule has 0 aliphatic heterocycles. The van der Waals surface area contributed by atoms with Gasteiger partial charge in [0, 0.05) is 13.1 Å². The predicted octanol–water partition coefficient (Wildman–Crippen LogP) is 1.01. The second-order valence-electron chi connectivity index (χ2n) is 4.87. The number of hydrogen-bond acceptors (Lipinski definition) is 4. The highest BCUT2D eigenvalue weighted by atomic mass is 16.2. The zero-order chi connectivity index (χ0) is 15.8. The van der Waals surface area contributed by atoms with E-state index in [4.69, 9.17) is 5.73 Å². The van der Waals surface area contributed by atoms with Crippen molar-refractivity contribution >= 4 is 23.2 Å². The molecule has 116 valence electrons. The van der Waals surface area contributed by atoms with E-state index in [9.17, 15) is 9.59 Å². The van der Waals surface area contributed by atoms with Gasteiger partial charge in [0.25, 0.3) is 0 Å². The molecular weight excluding hydrogens is 268 g/mol. The number of nitrogens with zero attached hydrogens (tertiary/aromatic N) is 2. The molecule has 0 fully saturated rings. The molecule has 0 unspecified atom stereocenters. The molecule has 0 atom stereocenters. The van der Waals surface area contributed by atoms with Gasteiger partial charge in [-0.15, -0.1) is 0 Å². The molecule has 0 aliphatic rings. The number of rotatable bonds is 7. The molecule has 1 aromatic rings. The van der Waals surface area contributed by atoms with Crippen LogP contribution in [0.3, 0.4) is 0 Å². The monoisotopic (exact) mass is 292 g/mol. The van der Waals surface area contributed by atoms with Gasteiger partial charge in [0.05, 0.1) is 24.5 Å². The highest BCUT2D eigenvalue weighted by Crippen LogP contribution is 2.16. The Bertz CT molecular complexity index is 486. The molecule has 0 aromatic heterocycles. The van der Waals surface area contributed by atoms with Gasteiger partial charge in [-0.3, -0.25) is 14.5 Å². The number of para-hydroxylation sites is 2. The molecule has 0 heterocycles. The lowest BCUT2D eigenvalue weighted by Gasteiger charge is -2.22. The summed E-state index contributed by atoms with van der Waals surface area (Å²) in [6.07, 6.45) is 0. The Labute approximate surface area is 125 Å². The first-order chi connectivity index (χ1) is 9.97. The maximum Gasteiger partial charge on any atom is 0.238 e. The Morgan fingerprint density at radius 3 is 2.33 bits per heavy atom. The van der Waals surface area contributed by atoms with Crippen LogP contribution in [-0.2, 0) is 9.59 Å². The van der Waals surface area contributed by atoms with E-state index in [1.165, 1.54) is 0 Å². The van der Waals surface area contributed by atoms with Crippen LogP contribution in [0.4, 0.5) is 11.4 Å². The summed E-state index contributed by atoms with van der Waals surface area (Å²) in [7, 11) is 1.75. The van der Waals surface area contributed by atoms with Crippen LogP contribution in [0.25, 0.3) is 0 Å². The summed E-state index contributed by atoms with van der Waals surface area (Å²) in [4.78, 5) is 27.3. The lowest BCUT2D eigenvalue weighted by Crippen LogP contribution is -2.41. The van der Waals surface area contributed by atoms with Crippen LogP contribution in [0.2, 0.25) is 0 Å². The van der Waals surface area contributed by atoms with Crippen LogP contribution < -0.4 is 11.1 Å². The van der Waals surface area contributed by atoms with Gasteiger partial charge < -0.3 is 16.0 Å². The minimum atomic E-state index is -0.192. The topological polar surface area (TPSA) is 78.7 Å². The smallest absolute Gasteiger partial charge is 0.238 e. The van der Waals surface area contributed by atoms with E-state index in [1.54, 1.807) is 41.1 Å². The van der Waals surface area contributed by atoms with E-state index in [-0.39, 0.29) is 24.9 Å². The van der Waals surface area contributed by atoms with Gasteiger partial charge in [-0.25, -0.2) is 0 Å². The molecule has 0 bridgehead atoms. The Morgan fingerprint density at radius 2 is 1.76 bits per heavy atom. The predicted molar refractivity (Wildman–Crippen MR) is 84.9 cm³/mol. The van der Waals surface area contributed by atoms with Gasteiger partial charge in [0.15, 0.2) is 0 Å². The van der Waals surface area contributed by atoms with Crippen LogP contribution in [0, 0.1) is 0 Å². The molecule has 21 heavy (non-hydrogen) atoms. The second kappa shape index (κ2) is 8.26. The minimum Gasteiger partial charge on any atom is -0.397 e. The highest BCUT2D eigenvalue weighted by molar-refractivity contribution is 5.95. The number of anilines is 2. The number of carbonyl (C=O) groups excluding carboxylic acids is 2. The zero-order valence-electron chi connectivity index (χ0n) is 12.9. The minimum absolute atomic E-state index is 0.0227. The fourth-order valence-corrected chi connectivity index (χ4v) is 2.01. The van der Waals surface area contributed by atoms with E-state index in [0.29, 0.717) is 24.5 Å². The van der Waals surface area contributed by atoms with Crippen molar-refractivity contribution in [2.45, 2.75) is 13.8 Å². The average molecular weight is 292 g/mol. The molecule has 0 spiro atoms. The van der Waals surface area contributed by atoms with Gasteiger partial charge >= 0.3 is 0 Å². The van der Waals surface area contributed by atoms with E-state index < -0.39 is 0 Å². The first-order valence-electron chi connectivity index (χ1n) is 7.08. The lowest BCUT2D eigenvalue weighted by atomic mass is 10.2. The van der Waals surface area contributed by atoms with Crippen molar-refractivity contribution in [1.29, 1.82) is 0 Å². The number of nitrogen functional groups attached to an aromatic ring is 1. The molecule has 0 radical (unpaired) electrons. The van der Waals surface area contributed by atoms with E-state index in [0.717, 1.165) is 0 Å². The summed E-state index contributed by atoms with van der Waals surface area (Å²) >= 11 is 0. The van der Waals surface area contributed by atoms with Gasteiger partial charge in [-0.2, -0.15) is 0 Å². The maximum absolute atomic E-state index is 11.9. The van der Waals surface area contributed by atoms with Crippen LogP contribution >= 0.6 is 0 Å². The van der Waals surface area contributed by atoms with Crippen molar-refractivity contribution in [3.8, 4) is 0 Å². The third-order valence-corrected chi connectivity index (χ3v) is 3.17. The Hall–Kier alpha value is -2.08. The summed E-state index contributed by atoms with van der Waals surface area (Å²) in [5, 5.41) is 2.74. The van der Waals surface area contributed by atoms with Crippen molar-refractivity contribution < 1.29 is 9.59 Å². The average Bonchev–Trinajstić information content (AvgIpc) is 2.42. The summed E-state index contributed by atoms with van der Waals surface area (Å²) < 4.78 is 0. The first kappa shape index (κ1) is 17.0. The first-order valence-corrected chi connectivity index (χ1v) is 7.08. The molecule has 3 N–H and O–H groups in total. The van der Waals surface area contributed by atoms with E-state index >= 15 is 0 Å².